The molecule has 0 aliphatic carbocycles. The van der Waals surface area contributed by atoms with Crippen LogP contribution in [0.1, 0.15) is 21.7 Å². The summed E-state index contributed by atoms with van der Waals surface area (Å²) in [6.07, 6.45) is 1.70. The van der Waals surface area contributed by atoms with Crippen molar-refractivity contribution in [2.24, 2.45) is 0 Å². The van der Waals surface area contributed by atoms with Gasteiger partial charge in [0, 0.05) is 27.8 Å². The minimum atomic E-state index is -0.271. The maximum absolute atomic E-state index is 12.4. The van der Waals surface area contributed by atoms with Gasteiger partial charge in [0.1, 0.15) is 0 Å². The highest BCUT2D eigenvalue weighted by Gasteiger charge is 2.15. The quantitative estimate of drug-likeness (QED) is 0.334. The molecule has 0 unspecified atom stereocenters. The number of aryl methyl sites for hydroxylation is 1. The third kappa shape index (κ3) is 6.35. The summed E-state index contributed by atoms with van der Waals surface area (Å²) in [5.74, 6) is 0.250. The van der Waals surface area contributed by atoms with Crippen LogP contribution in [0.5, 0.6) is 0 Å². The van der Waals surface area contributed by atoms with Crippen molar-refractivity contribution in [3.05, 3.63) is 82.1 Å². The molecule has 0 fully saturated rings. The average molecular weight is 490 g/mol. The van der Waals surface area contributed by atoms with E-state index in [0.717, 1.165) is 5.56 Å². The molecular weight excluding hydrogens is 469 g/mol. The highest BCUT2D eigenvalue weighted by atomic mass is 35.5. The topological polar surface area (TPSA) is 88.9 Å². The van der Waals surface area contributed by atoms with Gasteiger partial charge in [-0.2, -0.15) is 0 Å². The third-order valence-electron chi connectivity index (χ3n) is 4.39. The van der Waals surface area contributed by atoms with Crippen LogP contribution in [0.2, 0.25) is 10.0 Å². The molecular formula is C22H21Cl2N5O2S. The zero-order chi connectivity index (χ0) is 23.1. The van der Waals surface area contributed by atoms with E-state index in [4.69, 9.17) is 23.2 Å². The lowest BCUT2D eigenvalue weighted by Gasteiger charge is -2.10. The molecule has 7 nitrogen and oxygen atoms in total. The van der Waals surface area contributed by atoms with E-state index < -0.39 is 0 Å². The number of benzene rings is 2. The molecule has 2 aromatic carbocycles. The van der Waals surface area contributed by atoms with Crippen molar-refractivity contribution in [1.29, 1.82) is 0 Å². The summed E-state index contributed by atoms with van der Waals surface area (Å²) in [5.41, 5.74) is 2.04. The van der Waals surface area contributed by atoms with Crippen LogP contribution in [-0.4, -0.2) is 32.3 Å². The van der Waals surface area contributed by atoms with Gasteiger partial charge in [-0.3, -0.25) is 9.59 Å². The summed E-state index contributed by atoms with van der Waals surface area (Å²) in [5, 5.41) is 15.7. The summed E-state index contributed by atoms with van der Waals surface area (Å²) in [6, 6.07) is 12.0. The fourth-order valence-corrected chi connectivity index (χ4v) is 4.03. The number of aromatic nitrogens is 3. The Bertz CT molecular complexity index is 1150. The lowest BCUT2D eigenvalue weighted by atomic mass is 10.2. The molecule has 0 aliphatic heterocycles. The lowest BCUT2D eigenvalue weighted by Crippen LogP contribution is -2.24. The minimum Gasteiger partial charge on any atom is -0.345 e. The maximum Gasteiger partial charge on any atom is 0.251 e. The van der Waals surface area contributed by atoms with Crippen molar-refractivity contribution < 1.29 is 9.59 Å². The number of rotatable bonds is 9. The number of hydrogen-bond acceptors (Lipinski definition) is 5. The minimum absolute atomic E-state index is 0.145. The number of hydrogen-bond donors (Lipinski definition) is 2. The van der Waals surface area contributed by atoms with Crippen LogP contribution in [-0.2, 0) is 17.9 Å². The summed E-state index contributed by atoms with van der Waals surface area (Å²) in [6.45, 7) is 6.24. The Morgan fingerprint density at radius 3 is 2.66 bits per heavy atom. The summed E-state index contributed by atoms with van der Waals surface area (Å²) >= 11 is 13.2. The summed E-state index contributed by atoms with van der Waals surface area (Å²) < 4.78 is 1.80. The SMILES string of the molecule is C=CCn1c(CNC(=O)c2cccc(Cl)c2)nnc1SCC(=O)Nc1ccc(Cl)cc1C. The first-order valence-electron chi connectivity index (χ1n) is 9.63. The van der Waals surface area contributed by atoms with Crippen LogP contribution < -0.4 is 10.6 Å². The molecule has 0 radical (unpaired) electrons. The zero-order valence-electron chi connectivity index (χ0n) is 17.3. The van der Waals surface area contributed by atoms with Crippen LogP contribution in [0.3, 0.4) is 0 Å². The number of carbonyl (C=O) groups excluding carboxylic acids is 2. The van der Waals surface area contributed by atoms with Gasteiger partial charge in [0.25, 0.3) is 5.91 Å². The zero-order valence-corrected chi connectivity index (χ0v) is 19.6. The Morgan fingerprint density at radius 1 is 1.16 bits per heavy atom. The van der Waals surface area contributed by atoms with Gasteiger partial charge in [-0.25, -0.2) is 0 Å². The number of amides is 2. The Balaban J connectivity index is 1.61. The molecule has 0 spiro atoms. The Morgan fingerprint density at radius 2 is 1.94 bits per heavy atom. The molecule has 0 saturated heterocycles. The molecule has 0 saturated carbocycles. The number of allylic oxidation sites excluding steroid dienone is 1. The smallest absolute Gasteiger partial charge is 0.251 e. The highest BCUT2D eigenvalue weighted by Crippen LogP contribution is 2.21. The fourth-order valence-electron chi connectivity index (χ4n) is 2.84. The van der Waals surface area contributed by atoms with Crippen molar-refractivity contribution in [2.45, 2.75) is 25.2 Å². The van der Waals surface area contributed by atoms with Gasteiger partial charge in [-0.1, -0.05) is 47.1 Å². The number of nitrogens with zero attached hydrogens (tertiary/aromatic N) is 3. The lowest BCUT2D eigenvalue weighted by molar-refractivity contribution is -0.113. The molecule has 0 atom stereocenters. The largest absolute Gasteiger partial charge is 0.345 e. The molecule has 0 bridgehead atoms. The second-order valence-electron chi connectivity index (χ2n) is 6.79. The van der Waals surface area contributed by atoms with Gasteiger partial charge < -0.3 is 15.2 Å². The van der Waals surface area contributed by atoms with Gasteiger partial charge in [0.2, 0.25) is 5.91 Å². The van der Waals surface area contributed by atoms with Crippen LogP contribution in [0.25, 0.3) is 0 Å². The van der Waals surface area contributed by atoms with E-state index >= 15 is 0 Å². The van der Waals surface area contributed by atoms with Gasteiger partial charge in [0.05, 0.1) is 12.3 Å². The normalized spacial score (nSPS) is 10.6. The van der Waals surface area contributed by atoms with Crippen molar-refractivity contribution >= 4 is 52.5 Å². The second kappa shape index (κ2) is 11.2. The first-order chi connectivity index (χ1) is 15.4. The first-order valence-corrected chi connectivity index (χ1v) is 11.4. The van der Waals surface area contributed by atoms with Crippen LogP contribution in [0, 0.1) is 6.92 Å². The van der Waals surface area contributed by atoms with Gasteiger partial charge in [-0.15, -0.1) is 16.8 Å². The molecule has 1 aromatic heterocycles. The third-order valence-corrected chi connectivity index (χ3v) is 5.83. The second-order valence-corrected chi connectivity index (χ2v) is 8.60. The first kappa shape index (κ1) is 23.8. The van der Waals surface area contributed by atoms with E-state index in [0.29, 0.717) is 38.8 Å². The Kier molecular flexibility index (Phi) is 8.33. The van der Waals surface area contributed by atoms with Crippen molar-refractivity contribution in [1.82, 2.24) is 20.1 Å². The van der Waals surface area contributed by atoms with E-state index in [1.807, 2.05) is 6.92 Å². The number of halogens is 2. The molecule has 0 aliphatic rings. The molecule has 1 heterocycles. The van der Waals surface area contributed by atoms with Crippen LogP contribution in [0.15, 0.2) is 60.3 Å². The molecule has 2 amide bonds. The molecule has 3 aromatic rings. The molecule has 2 N–H and O–H groups in total. The van der Waals surface area contributed by atoms with Gasteiger partial charge in [-0.05, 0) is 48.9 Å². The van der Waals surface area contributed by atoms with E-state index in [1.165, 1.54) is 11.8 Å². The summed E-state index contributed by atoms with van der Waals surface area (Å²) in [7, 11) is 0. The Labute approximate surface area is 200 Å². The fraction of sp³-hybridized carbons (Fsp3) is 0.182. The monoisotopic (exact) mass is 489 g/mol. The number of carbonyl (C=O) groups is 2. The van der Waals surface area contributed by atoms with Crippen LogP contribution >= 0.6 is 35.0 Å². The van der Waals surface area contributed by atoms with Crippen molar-refractivity contribution in [2.75, 3.05) is 11.1 Å². The standard InChI is InChI=1S/C22H21Cl2N5O2S/c1-3-9-29-19(12-25-21(31)15-5-4-6-16(23)11-15)27-28-22(29)32-13-20(30)26-18-8-7-17(24)10-14(18)2/h3-8,10-11H,1,9,12-13H2,2H3,(H,25,31)(H,26,30). The van der Waals surface area contributed by atoms with E-state index in [9.17, 15) is 9.59 Å². The van der Waals surface area contributed by atoms with Crippen LogP contribution in [0.4, 0.5) is 5.69 Å². The van der Waals surface area contributed by atoms with E-state index in [2.05, 4.69) is 27.4 Å². The van der Waals surface area contributed by atoms with Gasteiger partial charge in [0.15, 0.2) is 11.0 Å². The Hall–Kier alpha value is -2.81. The van der Waals surface area contributed by atoms with E-state index in [-0.39, 0.29) is 24.1 Å². The maximum atomic E-state index is 12.4. The van der Waals surface area contributed by atoms with Crippen molar-refractivity contribution in [3.8, 4) is 0 Å². The molecule has 10 heteroatoms. The molecule has 3 rings (SSSR count). The van der Waals surface area contributed by atoms with Crippen molar-refractivity contribution in [3.63, 3.8) is 0 Å². The molecule has 166 valence electrons. The van der Waals surface area contributed by atoms with E-state index in [1.54, 1.807) is 53.1 Å². The number of thioether (sulfide) groups is 1. The number of anilines is 1. The molecule has 32 heavy (non-hydrogen) atoms. The predicted molar refractivity (Wildman–Crippen MR) is 128 cm³/mol. The van der Waals surface area contributed by atoms with Gasteiger partial charge >= 0.3 is 0 Å². The number of nitrogens with one attached hydrogen (secondary N) is 2. The summed E-state index contributed by atoms with van der Waals surface area (Å²) in [4.78, 5) is 24.8. The average Bonchev–Trinajstić information content (AvgIpc) is 3.14. The predicted octanol–water partition coefficient (Wildman–Crippen LogP) is 4.74. The highest BCUT2D eigenvalue weighted by molar-refractivity contribution is 7.99.